The number of benzene rings is 2. The molecule has 0 saturated carbocycles. The third kappa shape index (κ3) is 4.55. The molecule has 1 amide bonds. The third-order valence-electron chi connectivity index (χ3n) is 4.87. The molecular formula is C22H28N4O. The summed E-state index contributed by atoms with van der Waals surface area (Å²) in [5, 5.41) is 2.97. The van der Waals surface area contributed by atoms with Crippen molar-refractivity contribution in [2.45, 2.75) is 26.8 Å². The summed E-state index contributed by atoms with van der Waals surface area (Å²) in [5.41, 5.74) is 4.35. The monoisotopic (exact) mass is 364 g/mol. The molecule has 5 heteroatoms. The molecule has 1 heterocycles. The highest BCUT2D eigenvalue weighted by Crippen LogP contribution is 2.22. The first-order chi connectivity index (χ1) is 13.0. The molecule has 27 heavy (non-hydrogen) atoms. The summed E-state index contributed by atoms with van der Waals surface area (Å²) in [6.07, 6.45) is 1.86. The molecule has 0 unspecified atom stereocenters. The van der Waals surface area contributed by atoms with Crippen molar-refractivity contribution in [3.8, 4) is 5.69 Å². The Kier molecular flexibility index (Phi) is 5.91. The molecule has 1 atom stereocenters. The number of rotatable bonds is 7. The van der Waals surface area contributed by atoms with Crippen LogP contribution in [0.15, 0.2) is 54.9 Å². The van der Waals surface area contributed by atoms with E-state index in [1.54, 1.807) is 0 Å². The smallest absolute Gasteiger partial charge is 0.234 e. The Morgan fingerprint density at radius 3 is 2.52 bits per heavy atom. The maximum atomic E-state index is 12.1. The molecule has 0 radical (unpaired) electrons. The van der Waals surface area contributed by atoms with Crippen LogP contribution in [0, 0.1) is 5.92 Å². The van der Waals surface area contributed by atoms with Crippen LogP contribution in [0.3, 0.4) is 0 Å². The van der Waals surface area contributed by atoms with Gasteiger partial charge in [-0.15, -0.1) is 0 Å². The largest absolute Gasteiger partial charge is 0.355 e. The second-order valence-electron chi connectivity index (χ2n) is 7.48. The number of likely N-dealkylation sites (N-methyl/N-ethyl adjacent to an activating group) is 1. The highest BCUT2D eigenvalue weighted by Gasteiger charge is 2.15. The van der Waals surface area contributed by atoms with Crippen LogP contribution in [-0.4, -0.2) is 40.5 Å². The normalized spacial score (nSPS) is 12.7. The second kappa shape index (κ2) is 8.35. The number of imidazole rings is 1. The number of hydrogen-bond donors (Lipinski definition) is 1. The van der Waals surface area contributed by atoms with Crippen LogP contribution in [0.5, 0.6) is 0 Å². The highest BCUT2D eigenvalue weighted by molar-refractivity contribution is 5.78. The fourth-order valence-electron chi connectivity index (χ4n) is 3.07. The lowest BCUT2D eigenvalue weighted by Gasteiger charge is -2.25. The summed E-state index contributed by atoms with van der Waals surface area (Å²) in [6.45, 7) is 7.42. The highest BCUT2D eigenvalue weighted by atomic mass is 16.2. The van der Waals surface area contributed by atoms with Crippen LogP contribution in [0.1, 0.15) is 32.4 Å². The van der Waals surface area contributed by atoms with Gasteiger partial charge in [0.2, 0.25) is 5.91 Å². The number of aromatic nitrogens is 2. The first-order valence-corrected chi connectivity index (χ1v) is 9.45. The van der Waals surface area contributed by atoms with Crippen molar-refractivity contribution < 1.29 is 4.79 Å². The van der Waals surface area contributed by atoms with Crippen molar-refractivity contribution in [2.24, 2.45) is 5.92 Å². The summed E-state index contributed by atoms with van der Waals surface area (Å²) < 4.78 is 2.09. The standard InChI is InChI=1S/C22H28N4O/c1-16(2)13-23-22(27)14-25(4)17(3)18-9-11-19(12-10-18)26-15-24-20-7-5-6-8-21(20)26/h5-12,15-17H,13-14H2,1-4H3,(H,23,27)/t17-/m0/s1. The third-order valence-corrected chi connectivity index (χ3v) is 4.87. The number of hydrogen-bond acceptors (Lipinski definition) is 3. The first kappa shape index (κ1) is 19.1. The molecule has 5 nitrogen and oxygen atoms in total. The molecular weight excluding hydrogens is 336 g/mol. The Labute approximate surface area is 161 Å². The van der Waals surface area contributed by atoms with Gasteiger partial charge in [-0.1, -0.05) is 38.1 Å². The van der Waals surface area contributed by atoms with Gasteiger partial charge in [0.25, 0.3) is 0 Å². The molecule has 0 aliphatic rings. The Hall–Kier alpha value is -2.66. The van der Waals surface area contributed by atoms with E-state index in [4.69, 9.17) is 0 Å². The molecule has 0 fully saturated rings. The van der Waals surface area contributed by atoms with E-state index in [9.17, 15) is 4.79 Å². The van der Waals surface area contributed by atoms with E-state index >= 15 is 0 Å². The number of nitrogens with one attached hydrogen (secondary N) is 1. The predicted molar refractivity (Wildman–Crippen MR) is 110 cm³/mol. The van der Waals surface area contributed by atoms with Gasteiger partial charge in [0.05, 0.1) is 17.6 Å². The zero-order valence-corrected chi connectivity index (χ0v) is 16.5. The van der Waals surface area contributed by atoms with Gasteiger partial charge in [0.15, 0.2) is 0 Å². The van der Waals surface area contributed by atoms with Gasteiger partial charge in [-0.25, -0.2) is 4.98 Å². The number of amides is 1. The molecule has 3 aromatic rings. The van der Waals surface area contributed by atoms with Crippen molar-refractivity contribution in [1.29, 1.82) is 0 Å². The number of carbonyl (C=O) groups is 1. The van der Waals surface area contributed by atoms with Crippen molar-refractivity contribution >= 4 is 16.9 Å². The van der Waals surface area contributed by atoms with E-state index in [1.807, 2.05) is 31.6 Å². The lowest BCUT2D eigenvalue weighted by atomic mass is 10.1. The Balaban J connectivity index is 1.68. The topological polar surface area (TPSA) is 50.2 Å². The number of para-hydroxylation sites is 2. The molecule has 0 aliphatic heterocycles. The van der Waals surface area contributed by atoms with E-state index in [0.717, 1.165) is 16.7 Å². The minimum atomic E-state index is 0.0690. The van der Waals surface area contributed by atoms with Gasteiger partial charge in [-0.2, -0.15) is 0 Å². The van der Waals surface area contributed by atoms with Crippen LogP contribution >= 0.6 is 0 Å². The van der Waals surface area contributed by atoms with Gasteiger partial charge in [0.1, 0.15) is 6.33 Å². The number of nitrogens with zero attached hydrogens (tertiary/aromatic N) is 3. The van der Waals surface area contributed by atoms with Gasteiger partial charge in [0, 0.05) is 18.3 Å². The second-order valence-corrected chi connectivity index (χ2v) is 7.48. The summed E-state index contributed by atoms with van der Waals surface area (Å²) in [5.74, 6) is 0.531. The van der Waals surface area contributed by atoms with Gasteiger partial charge < -0.3 is 5.32 Å². The maximum absolute atomic E-state index is 12.1. The van der Waals surface area contributed by atoms with Crippen molar-refractivity contribution in [3.63, 3.8) is 0 Å². The molecule has 0 saturated heterocycles. The quantitative estimate of drug-likeness (QED) is 0.694. The van der Waals surface area contributed by atoms with Crippen LogP contribution in [0.2, 0.25) is 0 Å². The summed E-state index contributed by atoms with van der Waals surface area (Å²) >= 11 is 0. The fraction of sp³-hybridized carbons (Fsp3) is 0.364. The van der Waals surface area contributed by atoms with Crippen LogP contribution in [0.25, 0.3) is 16.7 Å². The molecule has 142 valence electrons. The van der Waals surface area contributed by atoms with Crippen LogP contribution < -0.4 is 5.32 Å². The van der Waals surface area contributed by atoms with Gasteiger partial charge in [-0.05, 0) is 49.7 Å². The molecule has 0 bridgehead atoms. The molecule has 3 rings (SSSR count). The maximum Gasteiger partial charge on any atom is 0.234 e. The van der Waals surface area contributed by atoms with E-state index in [-0.39, 0.29) is 11.9 Å². The molecule has 1 aromatic heterocycles. The van der Waals surface area contributed by atoms with Crippen molar-refractivity contribution in [1.82, 2.24) is 19.8 Å². The Bertz CT molecular complexity index is 898. The fourth-order valence-corrected chi connectivity index (χ4v) is 3.07. The van der Waals surface area contributed by atoms with Crippen LogP contribution in [-0.2, 0) is 4.79 Å². The average molecular weight is 364 g/mol. The van der Waals surface area contributed by atoms with Crippen molar-refractivity contribution in [3.05, 3.63) is 60.4 Å². The Morgan fingerprint density at radius 1 is 1.11 bits per heavy atom. The average Bonchev–Trinajstić information content (AvgIpc) is 3.10. The lowest BCUT2D eigenvalue weighted by Crippen LogP contribution is -2.37. The minimum absolute atomic E-state index is 0.0690. The van der Waals surface area contributed by atoms with E-state index in [1.165, 1.54) is 5.56 Å². The molecule has 2 aromatic carbocycles. The van der Waals surface area contributed by atoms with Gasteiger partial charge in [-0.3, -0.25) is 14.3 Å². The first-order valence-electron chi connectivity index (χ1n) is 9.45. The predicted octanol–water partition coefficient (Wildman–Crippen LogP) is 3.79. The zero-order valence-electron chi connectivity index (χ0n) is 16.5. The van der Waals surface area contributed by atoms with E-state index in [2.05, 4.69) is 70.9 Å². The van der Waals surface area contributed by atoms with Crippen molar-refractivity contribution in [2.75, 3.05) is 20.1 Å². The minimum Gasteiger partial charge on any atom is -0.355 e. The summed E-state index contributed by atoms with van der Waals surface area (Å²) in [7, 11) is 1.98. The number of carbonyl (C=O) groups excluding carboxylic acids is 1. The summed E-state index contributed by atoms with van der Waals surface area (Å²) in [4.78, 5) is 18.6. The lowest BCUT2D eigenvalue weighted by molar-refractivity contribution is -0.122. The molecule has 0 spiro atoms. The summed E-state index contributed by atoms with van der Waals surface area (Å²) in [6, 6.07) is 16.7. The molecule has 0 aliphatic carbocycles. The molecule has 1 N–H and O–H groups in total. The van der Waals surface area contributed by atoms with Crippen LogP contribution in [0.4, 0.5) is 0 Å². The van der Waals surface area contributed by atoms with E-state index < -0.39 is 0 Å². The SMILES string of the molecule is CC(C)CNC(=O)CN(C)[C@@H](C)c1ccc(-n2cnc3ccccc32)cc1. The van der Waals surface area contributed by atoms with E-state index in [0.29, 0.717) is 19.0 Å². The number of fused-ring (bicyclic) bond motifs is 1. The zero-order chi connectivity index (χ0) is 19.4. The van der Waals surface area contributed by atoms with Gasteiger partial charge >= 0.3 is 0 Å². The Morgan fingerprint density at radius 2 is 1.81 bits per heavy atom.